The fraction of sp³-hybridized carbons (Fsp3) is 0.318. The molecule has 2 aromatic rings. The normalized spacial score (nSPS) is 13.2. The van der Waals surface area contributed by atoms with Gasteiger partial charge in [-0.2, -0.15) is 0 Å². The number of alkyl carbamates (subject to hydrolysis) is 1. The molecule has 0 aromatic heterocycles. The number of hydrogen-bond donors (Lipinski definition) is 2. The molecule has 2 amide bonds. The van der Waals surface area contributed by atoms with Gasteiger partial charge < -0.3 is 15.2 Å². The summed E-state index contributed by atoms with van der Waals surface area (Å²) in [6, 6.07) is 13.7. The molecule has 1 aliphatic carbocycles. The molecular formula is C22H22F2N2O6. The molecule has 3 rings (SSSR count). The number of fused-ring (bicyclic) bond motifs is 3. The number of hydrogen-bond acceptors (Lipinski definition) is 5. The zero-order valence-electron chi connectivity index (χ0n) is 17.2. The quantitative estimate of drug-likeness (QED) is 0.572. The average Bonchev–Trinajstić information content (AvgIpc) is 3.08. The number of hydroxylamine groups is 2. The van der Waals surface area contributed by atoms with E-state index >= 15 is 0 Å². The van der Waals surface area contributed by atoms with Gasteiger partial charge in [-0.05, 0) is 22.3 Å². The van der Waals surface area contributed by atoms with Crippen LogP contribution in [0.25, 0.3) is 11.1 Å². The Hall–Kier alpha value is -3.53. The fourth-order valence-electron chi connectivity index (χ4n) is 3.62. The van der Waals surface area contributed by atoms with Gasteiger partial charge in [0.15, 0.2) is 6.61 Å². The second-order valence-corrected chi connectivity index (χ2v) is 7.15. The van der Waals surface area contributed by atoms with Crippen molar-refractivity contribution in [2.75, 3.05) is 20.3 Å². The summed E-state index contributed by atoms with van der Waals surface area (Å²) in [5, 5.41) is 11.2. The van der Waals surface area contributed by atoms with Gasteiger partial charge in [0.25, 0.3) is 5.91 Å². The largest absolute Gasteiger partial charge is 0.479 e. The average molecular weight is 448 g/mol. The SMILES string of the molecule is CN(OCC(=O)O)C(=O)C(CC(F)F)NC(=O)OCC1c2ccccc2-c2ccccc21. The van der Waals surface area contributed by atoms with Gasteiger partial charge in [-0.3, -0.25) is 9.63 Å². The van der Waals surface area contributed by atoms with Crippen molar-refractivity contribution in [1.29, 1.82) is 0 Å². The number of alkyl halides is 2. The van der Waals surface area contributed by atoms with Crippen molar-refractivity contribution in [2.45, 2.75) is 24.8 Å². The monoisotopic (exact) mass is 448 g/mol. The van der Waals surface area contributed by atoms with Crippen LogP contribution >= 0.6 is 0 Å². The highest BCUT2D eigenvalue weighted by Gasteiger charge is 2.31. The van der Waals surface area contributed by atoms with Crippen molar-refractivity contribution in [3.63, 3.8) is 0 Å². The summed E-state index contributed by atoms with van der Waals surface area (Å²) in [5.74, 6) is -2.61. The minimum atomic E-state index is -2.90. The Morgan fingerprint density at radius 3 is 2.16 bits per heavy atom. The van der Waals surface area contributed by atoms with Gasteiger partial charge in [-0.1, -0.05) is 48.5 Å². The molecule has 2 N–H and O–H groups in total. The van der Waals surface area contributed by atoms with Crippen molar-refractivity contribution >= 4 is 18.0 Å². The van der Waals surface area contributed by atoms with Gasteiger partial charge in [-0.15, -0.1) is 0 Å². The molecule has 0 saturated heterocycles. The summed E-state index contributed by atoms with van der Waals surface area (Å²) in [6.45, 7) is -0.893. The molecule has 0 heterocycles. The first-order valence-corrected chi connectivity index (χ1v) is 9.79. The number of rotatable bonds is 9. The Bertz CT molecular complexity index is 954. The van der Waals surface area contributed by atoms with E-state index in [-0.39, 0.29) is 12.5 Å². The number of likely N-dealkylation sites (N-methyl/N-ethyl adjacent to an activating group) is 1. The van der Waals surface area contributed by atoms with Crippen molar-refractivity contribution in [3.05, 3.63) is 59.7 Å². The summed E-state index contributed by atoms with van der Waals surface area (Å²) in [6.07, 6.45) is -4.92. The first-order chi connectivity index (χ1) is 15.3. The molecule has 0 bridgehead atoms. The van der Waals surface area contributed by atoms with Gasteiger partial charge in [0, 0.05) is 19.4 Å². The molecule has 1 unspecified atom stereocenters. The molecule has 10 heteroatoms. The van der Waals surface area contributed by atoms with E-state index in [2.05, 4.69) is 10.2 Å². The Morgan fingerprint density at radius 1 is 1.06 bits per heavy atom. The number of carbonyl (C=O) groups is 3. The Kier molecular flexibility index (Phi) is 7.37. The van der Waals surface area contributed by atoms with E-state index < -0.39 is 43.5 Å². The molecule has 170 valence electrons. The lowest BCUT2D eigenvalue weighted by atomic mass is 9.98. The van der Waals surface area contributed by atoms with Crippen LogP contribution in [-0.2, 0) is 19.2 Å². The third-order valence-corrected chi connectivity index (χ3v) is 5.04. The lowest BCUT2D eigenvalue weighted by molar-refractivity contribution is -0.188. The van der Waals surface area contributed by atoms with Crippen LogP contribution in [0.3, 0.4) is 0 Å². The summed E-state index contributed by atoms with van der Waals surface area (Å²) in [5.41, 5.74) is 4.01. The Labute approximate surface area is 182 Å². The lowest BCUT2D eigenvalue weighted by Crippen LogP contribution is -2.48. The molecule has 1 atom stereocenters. The molecule has 8 nitrogen and oxygen atoms in total. The highest BCUT2D eigenvalue weighted by atomic mass is 19.3. The van der Waals surface area contributed by atoms with E-state index in [1.54, 1.807) is 0 Å². The molecule has 0 fully saturated rings. The maximum absolute atomic E-state index is 12.9. The van der Waals surface area contributed by atoms with Crippen molar-refractivity contribution < 1.29 is 37.8 Å². The number of halogens is 2. The maximum Gasteiger partial charge on any atom is 0.407 e. The van der Waals surface area contributed by atoms with Crippen molar-refractivity contribution in [2.24, 2.45) is 0 Å². The Balaban J connectivity index is 1.65. The third-order valence-electron chi connectivity index (χ3n) is 5.04. The predicted molar refractivity (Wildman–Crippen MR) is 109 cm³/mol. The number of nitrogens with zero attached hydrogens (tertiary/aromatic N) is 1. The topological polar surface area (TPSA) is 105 Å². The zero-order valence-corrected chi connectivity index (χ0v) is 17.2. The lowest BCUT2D eigenvalue weighted by Gasteiger charge is -2.23. The van der Waals surface area contributed by atoms with Gasteiger partial charge in [0.05, 0.1) is 0 Å². The smallest absolute Gasteiger partial charge is 0.407 e. The number of amides is 2. The van der Waals surface area contributed by atoms with Crippen LogP contribution in [0.5, 0.6) is 0 Å². The van der Waals surface area contributed by atoms with E-state index in [1.165, 1.54) is 0 Å². The van der Waals surface area contributed by atoms with Gasteiger partial charge in [0.1, 0.15) is 12.6 Å². The minimum absolute atomic E-state index is 0.0548. The predicted octanol–water partition coefficient (Wildman–Crippen LogP) is 3.02. The number of ether oxygens (including phenoxy) is 1. The minimum Gasteiger partial charge on any atom is -0.479 e. The number of aliphatic carboxylic acids is 1. The van der Waals surface area contributed by atoms with Crippen LogP contribution in [0.1, 0.15) is 23.5 Å². The number of carboxylic acids is 1. The van der Waals surface area contributed by atoms with Crippen molar-refractivity contribution in [1.82, 2.24) is 10.4 Å². The van der Waals surface area contributed by atoms with E-state index in [9.17, 15) is 23.2 Å². The fourth-order valence-corrected chi connectivity index (χ4v) is 3.62. The standard InChI is InChI=1S/C22H22F2N2O6/c1-26(32-12-20(27)28)21(29)18(10-19(23)24)25-22(30)31-11-17-15-8-4-2-6-13(15)14-7-3-5-9-16(14)17/h2-9,17-19H,10-12H2,1H3,(H,25,30)(H,27,28). The molecule has 0 spiro atoms. The van der Waals surface area contributed by atoms with Crippen LogP contribution in [0.15, 0.2) is 48.5 Å². The number of benzene rings is 2. The second-order valence-electron chi connectivity index (χ2n) is 7.15. The van der Waals surface area contributed by atoms with Gasteiger partial charge >= 0.3 is 12.1 Å². The van der Waals surface area contributed by atoms with Crippen LogP contribution in [0.2, 0.25) is 0 Å². The molecule has 0 saturated carbocycles. The van der Waals surface area contributed by atoms with Crippen LogP contribution in [-0.4, -0.2) is 60.9 Å². The van der Waals surface area contributed by atoms with Crippen molar-refractivity contribution in [3.8, 4) is 11.1 Å². The summed E-state index contributed by atoms with van der Waals surface area (Å²) >= 11 is 0. The number of nitrogens with one attached hydrogen (secondary N) is 1. The second kappa shape index (κ2) is 10.2. The molecule has 1 aliphatic rings. The molecule has 2 aromatic carbocycles. The van der Waals surface area contributed by atoms with Gasteiger partial charge in [-0.25, -0.2) is 23.4 Å². The van der Waals surface area contributed by atoms with Crippen LogP contribution < -0.4 is 5.32 Å². The Morgan fingerprint density at radius 2 is 1.62 bits per heavy atom. The summed E-state index contributed by atoms with van der Waals surface area (Å²) < 4.78 is 31.2. The van der Waals surface area contributed by atoms with Crippen LogP contribution in [0, 0.1) is 0 Å². The van der Waals surface area contributed by atoms with Crippen LogP contribution in [0.4, 0.5) is 13.6 Å². The van der Waals surface area contributed by atoms with E-state index in [0.29, 0.717) is 5.06 Å². The van der Waals surface area contributed by atoms with E-state index in [4.69, 9.17) is 9.84 Å². The van der Waals surface area contributed by atoms with Gasteiger partial charge in [0.2, 0.25) is 6.43 Å². The number of carbonyl (C=O) groups excluding carboxylic acids is 2. The molecule has 0 aliphatic heterocycles. The van der Waals surface area contributed by atoms with E-state index in [0.717, 1.165) is 29.3 Å². The van der Waals surface area contributed by atoms with E-state index in [1.807, 2.05) is 48.5 Å². The molecular weight excluding hydrogens is 426 g/mol. The highest BCUT2D eigenvalue weighted by molar-refractivity contribution is 5.85. The first kappa shape index (κ1) is 23.1. The third kappa shape index (κ3) is 5.38. The number of carboxylic acid groups (broad SMARTS) is 1. The summed E-state index contributed by atoms with van der Waals surface area (Å²) in [7, 11) is 1.07. The summed E-state index contributed by atoms with van der Waals surface area (Å²) in [4.78, 5) is 39.9. The zero-order chi connectivity index (χ0) is 23.3. The first-order valence-electron chi connectivity index (χ1n) is 9.79. The highest BCUT2D eigenvalue weighted by Crippen LogP contribution is 2.44. The molecule has 0 radical (unpaired) electrons. The maximum atomic E-state index is 12.9. The molecule has 32 heavy (non-hydrogen) atoms.